The molecule has 3 aromatic rings. The fourth-order valence-corrected chi connectivity index (χ4v) is 5.30. The molecule has 2 aliphatic heterocycles. The summed E-state index contributed by atoms with van der Waals surface area (Å²) in [4.78, 5) is 24.0. The number of nitrogens with one attached hydrogen (secondary N) is 2. The summed E-state index contributed by atoms with van der Waals surface area (Å²) in [5.41, 5.74) is 1.63. The monoisotopic (exact) mass is 599 g/mol. The molecule has 0 spiro atoms. The van der Waals surface area contributed by atoms with Crippen LogP contribution in [0.1, 0.15) is 13.3 Å². The van der Waals surface area contributed by atoms with Gasteiger partial charge in [-0.25, -0.2) is 14.4 Å². The summed E-state index contributed by atoms with van der Waals surface area (Å²) in [6, 6.07) is 7.84. The number of nitrogens with zero attached hydrogens (tertiary/aromatic N) is 3. The molecule has 0 bridgehead atoms. The highest BCUT2D eigenvalue weighted by Gasteiger charge is 2.29. The van der Waals surface area contributed by atoms with Gasteiger partial charge in [0.2, 0.25) is 5.91 Å². The Kier molecular flexibility index (Phi) is 10.2. The summed E-state index contributed by atoms with van der Waals surface area (Å²) in [7, 11) is 0. The SMILES string of the molecule is CC1CN(C/C=C/C(=O)Nc2cc3c(Nc4ccc(F)c(Cl)c4)ncnc3cc2OC[C@H]2CCOC2)C[C@@H]1OCCO. The van der Waals surface area contributed by atoms with Gasteiger partial charge < -0.3 is 30.0 Å². The third-order valence-corrected chi connectivity index (χ3v) is 7.64. The van der Waals surface area contributed by atoms with Crippen molar-refractivity contribution in [3.63, 3.8) is 0 Å². The molecule has 2 aromatic carbocycles. The summed E-state index contributed by atoms with van der Waals surface area (Å²) in [6.07, 6.45) is 5.73. The number of carbonyl (C=O) groups is 1. The third-order valence-electron chi connectivity index (χ3n) is 7.35. The summed E-state index contributed by atoms with van der Waals surface area (Å²) >= 11 is 5.96. The Morgan fingerprint density at radius 1 is 1.29 bits per heavy atom. The van der Waals surface area contributed by atoms with Gasteiger partial charge >= 0.3 is 0 Å². The van der Waals surface area contributed by atoms with Crippen LogP contribution in [0.3, 0.4) is 0 Å². The van der Waals surface area contributed by atoms with Crippen LogP contribution in [-0.4, -0.2) is 84.7 Å². The van der Waals surface area contributed by atoms with E-state index in [1.165, 1.54) is 24.5 Å². The lowest BCUT2D eigenvalue weighted by atomic mass is 10.1. The maximum absolute atomic E-state index is 13.7. The number of aliphatic hydroxyl groups is 1. The number of fused-ring (bicyclic) bond motifs is 1. The van der Waals surface area contributed by atoms with E-state index >= 15 is 0 Å². The molecule has 12 heteroatoms. The van der Waals surface area contributed by atoms with E-state index in [2.05, 4.69) is 32.4 Å². The van der Waals surface area contributed by atoms with E-state index in [0.717, 1.165) is 19.5 Å². The summed E-state index contributed by atoms with van der Waals surface area (Å²) in [6.45, 7) is 6.43. The molecule has 0 saturated carbocycles. The van der Waals surface area contributed by atoms with Gasteiger partial charge in [0, 0.05) is 55.4 Å². The van der Waals surface area contributed by atoms with Gasteiger partial charge in [0.1, 0.15) is 23.7 Å². The quantitative estimate of drug-likeness (QED) is 0.260. The standard InChI is InChI=1S/C30H35ClFN5O5/c1-19-14-37(15-28(19)41-10-8-38)7-2-3-29(39)36-26-12-22-25(13-27(26)42-17-20-6-9-40-16-20)33-18-34-30(22)35-21-4-5-24(32)23(31)11-21/h2-5,11-13,18-20,28,38H,6-10,14-17H2,1H3,(H,36,39)(H,33,34,35)/b3-2+/t19?,20-,28-/m0/s1. The van der Waals surface area contributed by atoms with Gasteiger partial charge in [0.05, 0.1) is 48.8 Å². The van der Waals surface area contributed by atoms with Gasteiger partial charge in [-0.05, 0) is 36.6 Å². The number of halogens is 2. The van der Waals surface area contributed by atoms with Gasteiger partial charge in [-0.15, -0.1) is 0 Å². The fraction of sp³-hybridized carbons (Fsp3) is 0.433. The van der Waals surface area contributed by atoms with Crippen molar-refractivity contribution in [3.8, 4) is 5.75 Å². The van der Waals surface area contributed by atoms with E-state index in [4.69, 9.17) is 30.9 Å². The van der Waals surface area contributed by atoms with E-state index in [1.54, 1.807) is 18.2 Å². The van der Waals surface area contributed by atoms with Gasteiger partial charge in [-0.1, -0.05) is 24.6 Å². The number of carbonyl (C=O) groups excluding carboxylic acids is 1. The predicted octanol–water partition coefficient (Wildman–Crippen LogP) is 4.41. The molecule has 224 valence electrons. The van der Waals surface area contributed by atoms with Crippen LogP contribution in [0.5, 0.6) is 5.75 Å². The van der Waals surface area contributed by atoms with E-state index in [-0.39, 0.29) is 29.6 Å². The number of amides is 1. The topological polar surface area (TPSA) is 118 Å². The van der Waals surface area contributed by atoms with E-state index in [1.807, 2.05) is 6.08 Å². The first-order chi connectivity index (χ1) is 20.4. The van der Waals surface area contributed by atoms with Crippen LogP contribution >= 0.6 is 11.6 Å². The molecular formula is C30H35ClFN5O5. The van der Waals surface area contributed by atoms with Crippen molar-refractivity contribution in [2.75, 3.05) is 63.3 Å². The molecule has 2 fully saturated rings. The van der Waals surface area contributed by atoms with Gasteiger partial charge in [0.25, 0.3) is 0 Å². The van der Waals surface area contributed by atoms with Crippen molar-refractivity contribution in [1.82, 2.24) is 14.9 Å². The molecule has 1 unspecified atom stereocenters. The maximum Gasteiger partial charge on any atom is 0.248 e. The second-order valence-corrected chi connectivity index (χ2v) is 11.0. The Balaban J connectivity index is 1.33. The van der Waals surface area contributed by atoms with Gasteiger partial charge in [0.15, 0.2) is 0 Å². The van der Waals surface area contributed by atoms with Crippen molar-refractivity contribution in [2.45, 2.75) is 19.4 Å². The first-order valence-corrected chi connectivity index (χ1v) is 14.4. The summed E-state index contributed by atoms with van der Waals surface area (Å²) in [5.74, 6) is 0.741. The zero-order chi connectivity index (χ0) is 29.5. The molecule has 1 aromatic heterocycles. The Bertz CT molecular complexity index is 1420. The van der Waals surface area contributed by atoms with Crippen molar-refractivity contribution in [1.29, 1.82) is 0 Å². The second-order valence-electron chi connectivity index (χ2n) is 10.6. The number of rotatable bonds is 12. The van der Waals surface area contributed by atoms with Crippen LogP contribution < -0.4 is 15.4 Å². The molecule has 10 nitrogen and oxygen atoms in total. The molecule has 42 heavy (non-hydrogen) atoms. The number of ether oxygens (including phenoxy) is 3. The Morgan fingerprint density at radius 3 is 2.95 bits per heavy atom. The zero-order valence-corrected chi connectivity index (χ0v) is 24.1. The van der Waals surface area contributed by atoms with Crippen molar-refractivity contribution >= 4 is 45.6 Å². The lowest BCUT2D eigenvalue weighted by Gasteiger charge is -2.17. The molecule has 3 atom stereocenters. The number of hydrogen-bond acceptors (Lipinski definition) is 9. The number of hydrogen-bond donors (Lipinski definition) is 3. The molecule has 0 aliphatic carbocycles. The number of benzene rings is 2. The average molecular weight is 600 g/mol. The summed E-state index contributed by atoms with van der Waals surface area (Å²) < 4.78 is 31.0. The molecular weight excluding hydrogens is 565 g/mol. The lowest BCUT2D eigenvalue weighted by molar-refractivity contribution is -0.111. The van der Waals surface area contributed by atoms with Gasteiger partial charge in [-0.2, -0.15) is 0 Å². The number of aromatic nitrogens is 2. The number of anilines is 3. The second kappa shape index (κ2) is 14.2. The molecule has 0 radical (unpaired) electrons. The van der Waals surface area contributed by atoms with Crippen molar-refractivity contribution < 1.29 is 28.5 Å². The molecule has 3 N–H and O–H groups in total. The largest absolute Gasteiger partial charge is 0.491 e. The van der Waals surface area contributed by atoms with E-state index < -0.39 is 5.82 Å². The Labute approximate surface area is 248 Å². The van der Waals surface area contributed by atoms with Crippen LogP contribution in [0.25, 0.3) is 10.9 Å². The highest BCUT2D eigenvalue weighted by molar-refractivity contribution is 6.31. The van der Waals surface area contributed by atoms with Gasteiger partial charge in [-0.3, -0.25) is 9.69 Å². The van der Waals surface area contributed by atoms with Crippen LogP contribution in [-0.2, 0) is 14.3 Å². The molecule has 2 saturated heterocycles. The first kappa shape index (κ1) is 30.1. The Morgan fingerprint density at radius 2 is 2.17 bits per heavy atom. The lowest BCUT2D eigenvalue weighted by Crippen LogP contribution is -2.25. The molecule has 1 amide bonds. The smallest absolute Gasteiger partial charge is 0.248 e. The Hall–Kier alpha value is -3.35. The molecule has 2 aliphatic rings. The maximum atomic E-state index is 13.7. The van der Waals surface area contributed by atoms with Crippen LogP contribution in [0.15, 0.2) is 48.8 Å². The normalized spacial score (nSPS) is 20.9. The first-order valence-electron chi connectivity index (χ1n) is 14.0. The highest BCUT2D eigenvalue weighted by atomic mass is 35.5. The third kappa shape index (κ3) is 7.73. The minimum absolute atomic E-state index is 0.00245. The minimum atomic E-state index is -0.517. The van der Waals surface area contributed by atoms with E-state index in [9.17, 15) is 9.18 Å². The predicted molar refractivity (Wildman–Crippen MR) is 159 cm³/mol. The minimum Gasteiger partial charge on any atom is -0.491 e. The van der Waals surface area contributed by atoms with Crippen LogP contribution in [0.2, 0.25) is 5.02 Å². The van der Waals surface area contributed by atoms with E-state index in [0.29, 0.717) is 72.7 Å². The van der Waals surface area contributed by atoms with Crippen LogP contribution in [0.4, 0.5) is 21.6 Å². The number of aliphatic hydroxyl groups excluding tert-OH is 1. The fourth-order valence-electron chi connectivity index (χ4n) is 5.12. The molecule has 5 rings (SSSR count). The highest BCUT2D eigenvalue weighted by Crippen LogP contribution is 2.34. The summed E-state index contributed by atoms with van der Waals surface area (Å²) in [5, 5.41) is 15.8. The zero-order valence-electron chi connectivity index (χ0n) is 23.4. The van der Waals surface area contributed by atoms with Crippen molar-refractivity contribution in [3.05, 3.63) is 59.7 Å². The van der Waals surface area contributed by atoms with Crippen LogP contribution in [0, 0.1) is 17.7 Å². The number of likely N-dealkylation sites (tertiary alicyclic amines) is 1. The van der Waals surface area contributed by atoms with Crippen molar-refractivity contribution in [2.24, 2.45) is 11.8 Å². The average Bonchev–Trinajstić information content (AvgIpc) is 3.62. The molecule has 3 heterocycles.